The van der Waals surface area contributed by atoms with Gasteiger partial charge in [0.05, 0.1) is 5.57 Å². The molecule has 3 nitrogen and oxygen atoms in total. The van der Waals surface area contributed by atoms with Crippen LogP contribution in [0.3, 0.4) is 0 Å². The van der Waals surface area contributed by atoms with Gasteiger partial charge in [-0.25, -0.2) is 4.79 Å². The third-order valence-electron chi connectivity index (χ3n) is 2.41. The zero-order valence-electron chi connectivity index (χ0n) is 9.38. The molecule has 0 spiro atoms. The Balaban J connectivity index is 2.50. The summed E-state index contributed by atoms with van der Waals surface area (Å²) in [4.78, 5) is 15.2. The third-order valence-corrected chi connectivity index (χ3v) is 2.75. The minimum absolute atomic E-state index is 0.163. The monoisotopic (exact) mass is 259 g/mol. The lowest BCUT2D eigenvalue weighted by Crippen LogP contribution is -2.00. The fraction of sp³-hybridized carbons (Fsp3) is 0. The van der Waals surface area contributed by atoms with Gasteiger partial charge >= 0.3 is 5.97 Å². The summed E-state index contributed by atoms with van der Waals surface area (Å²) in [5.74, 6) is -1.01. The number of pyridine rings is 1. The largest absolute Gasteiger partial charge is 0.478 e. The minimum Gasteiger partial charge on any atom is -0.478 e. The number of carboxylic acids is 1. The van der Waals surface area contributed by atoms with Gasteiger partial charge in [0.1, 0.15) is 0 Å². The molecule has 1 aromatic carbocycles. The van der Waals surface area contributed by atoms with Crippen LogP contribution >= 0.6 is 11.6 Å². The number of carbonyl (C=O) groups is 1. The summed E-state index contributed by atoms with van der Waals surface area (Å²) in [5, 5.41) is 9.75. The Morgan fingerprint density at radius 1 is 1.22 bits per heavy atom. The van der Waals surface area contributed by atoms with Crippen LogP contribution in [0.2, 0.25) is 5.02 Å². The second-order valence-electron chi connectivity index (χ2n) is 3.63. The molecular weight excluding hydrogens is 250 g/mol. The van der Waals surface area contributed by atoms with Crippen molar-refractivity contribution >= 4 is 29.2 Å². The molecule has 0 bridgehead atoms. The van der Waals surface area contributed by atoms with Crippen LogP contribution in [0.5, 0.6) is 0 Å². The minimum atomic E-state index is -1.01. The topological polar surface area (TPSA) is 50.2 Å². The number of aliphatic carboxylic acids is 1. The molecule has 0 aliphatic rings. The molecule has 0 unspecified atom stereocenters. The Bertz CT molecular complexity index is 594. The number of hydrogen-bond donors (Lipinski definition) is 1. The van der Waals surface area contributed by atoms with Crippen molar-refractivity contribution in [2.75, 3.05) is 0 Å². The predicted octanol–water partition coefficient (Wildman–Crippen LogP) is 3.36. The van der Waals surface area contributed by atoms with Crippen molar-refractivity contribution in [1.82, 2.24) is 4.98 Å². The summed E-state index contributed by atoms with van der Waals surface area (Å²) >= 11 is 6.01. The SMILES string of the molecule is O=C(O)C(=Cc1ccccc1Cl)c1cccnc1. The molecule has 1 heterocycles. The van der Waals surface area contributed by atoms with E-state index in [0.717, 1.165) is 0 Å². The van der Waals surface area contributed by atoms with E-state index in [1.807, 2.05) is 0 Å². The Morgan fingerprint density at radius 3 is 2.61 bits per heavy atom. The van der Waals surface area contributed by atoms with Crippen molar-refractivity contribution in [2.45, 2.75) is 0 Å². The molecule has 0 atom stereocenters. The first-order valence-corrected chi connectivity index (χ1v) is 5.66. The van der Waals surface area contributed by atoms with Gasteiger partial charge in [0.2, 0.25) is 0 Å². The fourth-order valence-electron chi connectivity index (χ4n) is 1.54. The summed E-state index contributed by atoms with van der Waals surface area (Å²) in [6.45, 7) is 0. The second-order valence-corrected chi connectivity index (χ2v) is 4.03. The molecule has 18 heavy (non-hydrogen) atoms. The van der Waals surface area contributed by atoms with E-state index in [1.54, 1.807) is 48.7 Å². The number of aromatic nitrogens is 1. The highest BCUT2D eigenvalue weighted by molar-refractivity contribution is 6.33. The van der Waals surface area contributed by atoms with Crippen molar-refractivity contribution in [3.8, 4) is 0 Å². The molecule has 0 saturated carbocycles. The van der Waals surface area contributed by atoms with Gasteiger partial charge in [-0.15, -0.1) is 0 Å². The van der Waals surface area contributed by atoms with Gasteiger partial charge in [-0.05, 0) is 23.8 Å². The van der Waals surface area contributed by atoms with Crippen molar-refractivity contribution < 1.29 is 9.90 Å². The van der Waals surface area contributed by atoms with Crippen LogP contribution in [0.25, 0.3) is 11.6 Å². The van der Waals surface area contributed by atoms with Gasteiger partial charge in [0, 0.05) is 23.0 Å². The number of hydrogen-bond acceptors (Lipinski definition) is 2. The van der Waals surface area contributed by atoms with E-state index in [-0.39, 0.29) is 5.57 Å². The third kappa shape index (κ3) is 2.76. The summed E-state index contributed by atoms with van der Waals surface area (Å²) < 4.78 is 0. The molecule has 2 aromatic rings. The van der Waals surface area contributed by atoms with Gasteiger partial charge in [-0.2, -0.15) is 0 Å². The lowest BCUT2D eigenvalue weighted by Gasteiger charge is -2.03. The second kappa shape index (κ2) is 5.47. The quantitative estimate of drug-likeness (QED) is 0.860. The Kier molecular flexibility index (Phi) is 3.75. The van der Waals surface area contributed by atoms with Crippen molar-refractivity contribution in [2.24, 2.45) is 0 Å². The number of halogens is 1. The number of rotatable bonds is 3. The van der Waals surface area contributed by atoms with Crippen LogP contribution in [0.15, 0.2) is 48.8 Å². The van der Waals surface area contributed by atoms with Crippen molar-refractivity contribution in [1.29, 1.82) is 0 Å². The smallest absolute Gasteiger partial charge is 0.336 e. The molecule has 4 heteroatoms. The Labute approximate surface area is 109 Å². The number of carboxylic acid groups (broad SMARTS) is 1. The van der Waals surface area contributed by atoms with Gasteiger partial charge in [-0.1, -0.05) is 35.9 Å². The predicted molar refractivity (Wildman–Crippen MR) is 71.2 cm³/mol. The highest BCUT2D eigenvalue weighted by Gasteiger charge is 2.11. The summed E-state index contributed by atoms with van der Waals surface area (Å²) in [7, 11) is 0. The first-order chi connectivity index (χ1) is 8.68. The summed E-state index contributed by atoms with van der Waals surface area (Å²) in [6.07, 6.45) is 4.65. The molecule has 1 aromatic heterocycles. The number of nitrogens with zero attached hydrogens (tertiary/aromatic N) is 1. The molecule has 1 N–H and O–H groups in total. The van der Waals surface area contributed by atoms with Crippen LogP contribution in [0, 0.1) is 0 Å². The first kappa shape index (κ1) is 12.3. The molecule has 0 amide bonds. The maximum Gasteiger partial charge on any atom is 0.336 e. The molecule has 0 radical (unpaired) electrons. The fourth-order valence-corrected chi connectivity index (χ4v) is 1.73. The molecule has 90 valence electrons. The van der Waals surface area contributed by atoms with Crippen LogP contribution in [-0.2, 0) is 4.79 Å². The van der Waals surface area contributed by atoms with Crippen LogP contribution in [-0.4, -0.2) is 16.1 Å². The average molecular weight is 260 g/mol. The maximum absolute atomic E-state index is 11.3. The normalized spacial score (nSPS) is 11.3. The zero-order chi connectivity index (χ0) is 13.0. The Morgan fingerprint density at radius 2 is 2.00 bits per heavy atom. The molecular formula is C14H10ClNO2. The van der Waals surface area contributed by atoms with Gasteiger partial charge in [-0.3, -0.25) is 4.98 Å². The van der Waals surface area contributed by atoms with Gasteiger partial charge in [0.25, 0.3) is 0 Å². The maximum atomic E-state index is 11.3. The highest BCUT2D eigenvalue weighted by Crippen LogP contribution is 2.22. The highest BCUT2D eigenvalue weighted by atomic mass is 35.5. The standard InChI is InChI=1S/C14H10ClNO2/c15-13-6-2-1-4-10(13)8-12(14(17)18)11-5-3-7-16-9-11/h1-9H,(H,17,18). The molecule has 0 aliphatic heterocycles. The van der Waals surface area contributed by atoms with Crippen molar-refractivity contribution in [3.63, 3.8) is 0 Å². The van der Waals surface area contributed by atoms with E-state index in [0.29, 0.717) is 16.1 Å². The van der Waals surface area contributed by atoms with Gasteiger partial charge < -0.3 is 5.11 Å². The molecule has 0 saturated heterocycles. The van der Waals surface area contributed by atoms with Crippen LogP contribution in [0.4, 0.5) is 0 Å². The van der Waals surface area contributed by atoms with Crippen LogP contribution < -0.4 is 0 Å². The van der Waals surface area contributed by atoms with Gasteiger partial charge in [0.15, 0.2) is 0 Å². The zero-order valence-corrected chi connectivity index (χ0v) is 10.1. The lowest BCUT2D eigenvalue weighted by atomic mass is 10.0. The number of benzene rings is 1. The Hall–Kier alpha value is -2.13. The van der Waals surface area contributed by atoms with E-state index < -0.39 is 5.97 Å². The van der Waals surface area contributed by atoms with E-state index in [9.17, 15) is 9.90 Å². The van der Waals surface area contributed by atoms with E-state index >= 15 is 0 Å². The molecule has 0 fully saturated rings. The molecule has 0 aliphatic carbocycles. The van der Waals surface area contributed by atoms with Crippen LogP contribution in [0.1, 0.15) is 11.1 Å². The molecule has 2 rings (SSSR count). The first-order valence-electron chi connectivity index (χ1n) is 5.28. The summed E-state index contributed by atoms with van der Waals surface area (Å²) in [6, 6.07) is 10.5. The lowest BCUT2D eigenvalue weighted by molar-refractivity contribution is -0.130. The van der Waals surface area contributed by atoms with Crippen molar-refractivity contribution in [3.05, 3.63) is 64.9 Å². The van der Waals surface area contributed by atoms with E-state index in [4.69, 9.17) is 11.6 Å². The summed E-state index contributed by atoms with van der Waals surface area (Å²) in [5.41, 5.74) is 1.38. The average Bonchev–Trinajstić information content (AvgIpc) is 2.38. The van der Waals surface area contributed by atoms with E-state index in [2.05, 4.69) is 4.98 Å². The van der Waals surface area contributed by atoms with E-state index in [1.165, 1.54) is 6.20 Å².